The van der Waals surface area contributed by atoms with E-state index in [0.29, 0.717) is 12.3 Å². The maximum absolute atomic E-state index is 12.0. The minimum atomic E-state index is 0.147. The number of amides is 1. The third-order valence-corrected chi connectivity index (χ3v) is 5.14. The van der Waals surface area contributed by atoms with Gasteiger partial charge in [0.15, 0.2) is 5.12 Å². The third kappa shape index (κ3) is 4.75. The fraction of sp³-hybridized carbons (Fsp3) is 0.857. The van der Waals surface area contributed by atoms with Crippen LogP contribution in [0.3, 0.4) is 0 Å². The Morgan fingerprint density at radius 2 is 1.95 bits per heavy atom. The number of carbonyl (C=O) groups excluding carboxylic acids is 2. The molecule has 2 heterocycles. The molecule has 1 amide bonds. The average Bonchev–Trinajstić information content (AvgIpc) is 2.76. The molecule has 2 fully saturated rings. The van der Waals surface area contributed by atoms with Gasteiger partial charge in [0, 0.05) is 64.9 Å². The van der Waals surface area contributed by atoms with Crippen molar-refractivity contribution < 1.29 is 9.59 Å². The van der Waals surface area contributed by atoms with Gasteiger partial charge in [0.05, 0.1) is 0 Å². The molecular formula is C14H25N3O2S. The van der Waals surface area contributed by atoms with Crippen LogP contribution >= 0.6 is 11.8 Å². The quantitative estimate of drug-likeness (QED) is 0.733. The fourth-order valence-electron chi connectivity index (χ4n) is 2.75. The lowest BCUT2D eigenvalue weighted by molar-refractivity contribution is -0.128. The van der Waals surface area contributed by atoms with E-state index in [1.165, 1.54) is 11.8 Å². The molecule has 2 aliphatic heterocycles. The Kier molecular flexibility index (Phi) is 5.86. The van der Waals surface area contributed by atoms with Crippen molar-refractivity contribution in [1.82, 2.24) is 14.7 Å². The maximum Gasteiger partial charge on any atom is 0.222 e. The van der Waals surface area contributed by atoms with Gasteiger partial charge in [-0.05, 0) is 13.0 Å². The number of piperazine rings is 1. The van der Waals surface area contributed by atoms with Crippen LogP contribution in [0, 0.1) is 5.92 Å². The summed E-state index contributed by atoms with van der Waals surface area (Å²) in [6.45, 7) is 8.66. The van der Waals surface area contributed by atoms with Crippen LogP contribution in [0.2, 0.25) is 0 Å². The summed E-state index contributed by atoms with van der Waals surface area (Å²) in [4.78, 5) is 29.7. The molecule has 0 aromatic rings. The summed E-state index contributed by atoms with van der Waals surface area (Å²) in [7, 11) is 2.15. The van der Waals surface area contributed by atoms with Crippen LogP contribution in [-0.2, 0) is 9.59 Å². The molecule has 5 nitrogen and oxygen atoms in total. The van der Waals surface area contributed by atoms with Crippen molar-refractivity contribution in [3.8, 4) is 0 Å². The molecule has 6 heteroatoms. The Labute approximate surface area is 125 Å². The number of carbonyl (C=O) groups is 2. The topological polar surface area (TPSA) is 43.9 Å². The molecule has 0 radical (unpaired) electrons. The minimum Gasteiger partial charge on any atom is -0.341 e. The normalized spacial score (nSPS) is 25.4. The van der Waals surface area contributed by atoms with E-state index in [0.717, 1.165) is 51.6 Å². The van der Waals surface area contributed by atoms with Crippen molar-refractivity contribution in [3.05, 3.63) is 0 Å². The van der Waals surface area contributed by atoms with Crippen LogP contribution in [0.1, 0.15) is 13.3 Å². The lowest BCUT2D eigenvalue weighted by atomic mass is 10.1. The minimum absolute atomic E-state index is 0.147. The van der Waals surface area contributed by atoms with Crippen molar-refractivity contribution in [2.24, 2.45) is 5.92 Å². The van der Waals surface area contributed by atoms with Crippen molar-refractivity contribution in [3.63, 3.8) is 0 Å². The molecule has 2 aliphatic rings. The summed E-state index contributed by atoms with van der Waals surface area (Å²) < 4.78 is 0. The largest absolute Gasteiger partial charge is 0.341 e. The summed E-state index contributed by atoms with van der Waals surface area (Å²) in [5, 5.41) is 0.147. The molecule has 1 atom stereocenters. The van der Waals surface area contributed by atoms with Crippen LogP contribution in [0.25, 0.3) is 0 Å². The van der Waals surface area contributed by atoms with Gasteiger partial charge in [-0.2, -0.15) is 0 Å². The second kappa shape index (κ2) is 7.43. The molecule has 2 rings (SSSR count). The monoisotopic (exact) mass is 299 g/mol. The predicted molar refractivity (Wildman–Crippen MR) is 81.8 cm³/mol. The number of nitrogens with zero attached hydrogens (tertiary/aromatic N) is 3. The predicted octanol–water partition coefficient (Wildman–Crippen LogP) is 0.362. The van der Waals surface area contributed by atoms with E-state index in [1.54, 1.807) is 6.92 Å². The first kappa shape index (κ1) is 15.8. The molecular weight excluding hydrogens is 274 g/mol. The van der Waals surface area contributed by atoms with Crippen molar-refractivity contribution in [1.29, 1.82) is 0 Å². The molecule has 0 bridgehead atoms. The SMILES string of the molecule is CC(=O)SCC1CC(=O)N(CCN2CCN(C)CC2)C1. The third-order valence-electron chi connectivity index (χ3n) is 4.10. The summed E-state index contributed by atoms with van der Waals surface area (Å²) >= 11 is 1.35. The molecule has 0 N–H and O–H groups in total. The number of thioether (sulfide) groups is 1. The van der Waals surface area contributed by atoms with E-state index in [1.807, 2.05) is 4.90 Å². The Morgan fingerprint density at radius 1 is 1.25 bits per heavy atom. The van der Waals surface area contributed by atoms with Gasteiger partial charge in [0.2, 0.25) is 5.91 Å². The molecule has 114 valence electrons. The molecule has 0 aliphatic carbocycles. The highest BCUT2D eigenvalue weighted by Crippen LogP contribution is 2.22. The maximum atomic E-state index is 12.0. The van der Waals surface area contributed by atoms with Crippen molar-refractivity contribution >= 4 is 22.8 Å². The van der Waals surface area contributed by atoms with Gasteiger partial charge < -0.3 is 9.80 Å². The molecule has 0 aromatic heterocycles. The van der Waals surface area contributed by atoms with Gasteiger partial charge in [-0.1, -0.05) is 11.8 Å². The highest BCUT2D eigenvalue weighted by molar-refractivity contribution is 8.13. The Bertz CT molecular complexity index is 356. The van der Waals surface area contributed by atoms with Crippen LogP contribution in [0.5, 0.6) is 0 Å². The van der Waals surface area contributed by atoms with Crippen LogP contribution in [-0.4, -0.2) is 84.3 Å². The van der Waals surface area contributed by atoms with Gasteiger partial charge in [-0.25, -0.2) is 0 Å². The van der Waals surface area contributed by atoms with E-state index < -0.39 is 0 Å². The summed E-state index contributed by atoms with van der Waals surface area (Å²) in [6, 6.07) is 0. The van der Waals surface area contributed by atoms with E-state index in [9.17, 15) is 9.59 Å². The Morgan fingerprint density at radius 3 is 2.60 bits per heavy atom. The van der Waals surface area contributed by atoms with Crippen LogP contribution < -0.4 is 0 Å². The summed E-state index contributed by atoms with van der Waals surface area (Å²) in [6.07, 6.45) is 0.614. The van der Waals surface area contributed by atoms with Crippen molar-refractivity contribution in [2.45, 2.75) is 13.3 Å². The fourth-order valence-corrected chi connectivity index (χ4v) is 3.44. The summed E-state index contributed by atoms with van der Waals surface area (Å²) in [5.41, 5.74) is 0. The second-order valence-corrected chi connectivity index (χ2v) is 7.05. The summed E-state index contributed by atoms with van der Waals surface area (Å²) in [5.74, 6) is 1.39. The average molecular weight is 299 g/mol. The molecule has 1 unspecified atom stereocenters. The van der Waals surface area contributed by atoms with Gasteiger partial charge >= 0.3 is 0 Å². The number of rotatable bonds is 5. The van der Waals surface area contributed by atoms with Gasteiger partial charge in [-0.3, -0.25) is 14.5 Å². The molecule has 0 spiro atoms. The number of likely N-dealkylation sites (tertiary alicyclic amines) is 1. The molecule has 20 heavy (non-hydrogen) atoms. The molecule has 0 aromatic carbocycles. The van der Waals surface area contributed by atoms with Gasteiger partial charge in [-0.15, -0.1) is 0 Å². The second-order valence-electron chi connectivity index (χ2n) is 5.86. The Hall–Kier alpha value is -0.590. The highest BCUT2D eigenvalue weighted by atomic mass is 32.2. The smallest absolute Gasteiger partial charge is 0.222 e. The number of hydrogen-bond acceptors (Lipinski definition) is 5. The van der Waals surface area contributed by atoms with E-state index in [4.69, 9.17) is 0 Å². The Balaban J connectivity index is 1.68. The van der Waals surface area contributed by atoms with Gasteiger partial charge in [0.1, 0.15) is 0 Å². The zero-order chi connectivity index (χ0) is 14.5. The number of likely N-dealkylation sites (N-methyl/N-ethyl adjacent to an activating group) is 1. The standard InChI is InChI=1S/C14H25N3O2S/c1-12(18)20-11-13-9-14(19)17(10-13)8-7-16-5-3-15(2)4-6-16/h13H,3-11H2,1-2H3. The molecule has 0 saturated carbocycles. The lowest BCUT2D eigenvalue weighted by Gasteiger charge is -2.33. The van der Waals surface area contributed by atoms with E-state index >= 15 is 0 Å². The zero-order valence-electron chi connectivity index (χ0n) is 12.5. The zero-order valence-corrected chi connectivity index (χ0v) is 13.3. The highest BCUT2D eigenvalue weighted by Gasteiger charge is 2.29. The van der Waals surface area contributed by atoms with E-state index in [2.05, 4.69) is 16.8 Å². The van der Waals surface area contributed by atoms with Gasteiger partial charge in [0.25, 0.3) is 0 Å². The first-order chi connectivity index (χ1) is 9.54. The lowest BCUT2D eigenvalue weighted by Crippen LogP contribution is -2.47. The first-order valence-electron chi connectivity index (χ1n) is 7.36. The molecule has 2 saturated heterocycles. The first-order valence-corrected chi connectivity index (χ1v) is 8.35. The van der Waals surface area contributed by atoms with Crippen LogP contribution in [0.15, 0.2) is 0 Å². The number of hydrogen-bond donors (Lipinski definition) is 0. The van der Waals surface area contributed by atoms with E-state index in [-0.39, 0.29) is 11.0 Å². The van der Waals surface area contributed by atoms with Crippen molar-refractivity contribution in [2.75, 3.05) is 58.6 Å². The van der Waals surface area contributed by atoms with Crippen LogP contribution in [0.4, 0.5) is 0 Å².